The van der Waals surface area contributed by atoms with Crippen LogP contribution < -0.4 is 0 Å². The molecule has 1 aromatic heterocycles. The summed E-state index contributed by atoms with van der Waals surface area (Å²) in [7, 11) is 0. The second kappa shape index (κ2) is 4.27. The van der Waals surface area contributed by atoms with E-state index >= 15 is 0 Å². The molecule has 0 saturated carbocycles. The molecule has 2 aliphatic rings. The number of hydrogen-bond donors (Lipinski definition) is 0. The summed E-state index contributed by atoms with van der Waals surface area (Å²) >= 11 is 8.48. The molecule has 1 aromatic rings. The fourth-order valence-corrected chi connectivity index (χ4v) is 2.52. The van der Waals surface area contributed by atoms with E-state index in [-0.39, 0.29) is 0 Å². The normalized spacial score (nSPS) is 10.9. The maximum absolute atomic E-state index is 6.25. The fraction of sp³-hybridized carbons (Fsp3) is 0. The van der Waals surface area contributed by atoms with E-state index in [1.54, 1.807) is 18.6 Å². The summed E-state index contributed by atoms with van der Waals surface area (Å²) in [6, 6.07) is 5.81. The number of aromatic nitrogens is 3. The molecule has 0 aromatic carbocycles. The molecule has 2 aliphatic heterocycles. The van der Waals surface area contributed by atoms with E-state index in [1.807, 2.05) is 29.0 Å². The highest BCUT2D eigenvalue weighted by Crippen LogP contribution is 2.34. The molecule has 0 saturated heterocycles. The van der Waals surface area contributed by atoms with Gasteiger partial charge in [0.2, 0.25) is 0 Å². The summed E-state index contributed by atoms with van der Waals surface area (Å²) in [6.07, 6.45) is 7.27. The van der Waals surface area contributed by atoms with Crippen molar-refractivity contribution in [1.29, 1.82) is 0 Å². The van der Waals surface area contributed by atoms with Gasteiger partial charge >= 0.3 is 0 Å². The molecule has 3 heterocycles. The Balaban J connectivity index is 2.32. The highest BCUT2D eigenvalue weighted by molar-refractivity contribution is 14.1. The van der Waals surface area contributed by atoms with Crippen LogP contribution in [0.2, 0.25) is 5.02 Å². The molecule has 0 radical (unpaired) electrons. The molecular formula is C12H7ClIN3. The number of pyridine rings is 2. The maximum atomic E-state index is 6.25. The number of rotatable bonds is 1. The van der Waals surface area contributed by atoms with Gasteiger partial charge in [0.25, 0.3) is 0 Å². The predicted octanol–water partition coefficient (Wildman–Crippen LogP) is 3.63. The third-order valence-electron chi connectivity index (χ3n) is 2.54. The Labute approximate surface area is 117 Å². The van der Waals surface area contributed by atoms with Gasteiger partial charge in [0, 0.05) is 33.9 Å². The summed E-state index contributed by atoms with van der Waals surface area (Å²) in [6.45, 7) is 0. The number of nitrogens with zero attached hydrogens (tertiary/aromatic N) is 3. The zero-order valence-corrected chi connectivity index (χ0v) is 11.6. The van der Waals surface area contributed by atoms with Gasteiger partial charge in [-0.3, -0.25) is 4.98 Å². The highest BCUT2D eigenvalue weighted by Gasteiger charge is 2.16. The fourth-order valence-electron chi connectivity index (χ4n) is 1.75. The summed E-state index contributed by atoms with van der Waals surface area (Å²) in [5, 5.41) is 0.753. The van der Waals surface area contributed by atoms with Crippen LogP contribution in [0.3, 0.4) is 0 Å². The third-order valence-corrected chi connectivity index (χ3v) is 4.08. The molecule has 0 spiro atoms. The molecular weight excluding hydrogens is 349 g/mol. The van der Waals surface area contributed by atoms with E-state index in [0.29, 0.717) is 0 Å². The summed E-state index contributed by atoms with van der Waals surface area (Å²) in [4.78, 5) is 8.37. The van der Waals surface area contributed by atoms with Gasteiger partial charge in [-0.05, 0) is 40.8 Å². The van der Waals surface area contributed by atoms with E-state index in [4.69, 9.17) is 11.6 Å². The van der Waals surface area contributed by atoms with Crippen molar-refractivity contribution in [2.45, 2.75) is 0 Å². The summed E-state index contributed by atoms with van der Waals surface area (Å²) in [5.74, 6) is 0.863. The Bertz CT molecular complexity index is 636. The van der Waals surface area contributed by atoms with E-state index in [0.717, 1.165) is 25.7 Å². The predicted molar refractivity (Wildman–Crippen MR) is 75.7 cm³/mol. The van der Waals surface area contributed by atoms with E-state index in [1.165, 1.54) is 0 Å². The van der Waals surface area contributed by atoms with Gasteiger partial charge in [-0.25, -0.2) is 4.98 Å². The van der Waals surface area contributed by atoms with Crippen molar-refractivity contribution in [3.05, 3.63) is 51.6 Å². The van der Waals surface area contributed by atoms with Gasteiger partial charge in [-0.1, -0.05) is 11.6 Å². The first-order valence-electron chi connectivity index (χ1n) is 4.99. The molecule has 0 unspecified atom stereocenters. The second-order valence-electron chi connectivity index (χ2n) is 3.55. The van der Waals surface area contributed by atoms with Crippen LogP contribution in [-0.2, 0) is 0 Å². The van der Waals surface area contributed by atoms with Crippen molar-refractivity contribution in [1.82, 2.24) is 14.5 Å². The van der Waals surface area contributed by atoms with Crippen LogP contribution in [0.25, 0.3) is 17.1 Å². The van der Waals surface area contributed by atoms with Crippen LogP contribution in [0.4, 0.5) is 0 Å². The Morgan fingerprint density at radius 2 is 1.88 bits per heavy atom. The molecule has 0 amide bonds. The minimum Gasteiger partial charge on any atom is -0.300 e. The van der Waals surface area contributed by atoms with Crippen molar-refractivity contribution < 1.29 is 0 Å². The lowest BCUT2D eigenvalue weighted by molar-refractivity contribution is 1.00. The van der Waals surface area contributed by atoms with Crippen molar-refractivity contribution >= 4 is 34.2 Å². The minimum absolute atomic E-state index is 0.753. The molecule has 0 atom stereocenters. The molecule has 17 heavy (non-hydrogen) atoms. The molecule has 0 aliphatic carbocycles. The van der Waals surface area contributed by atoms with Gasteiger partial charge in [0.1, 0.15) is 5.82 Å². The average molecular weight is 356 g/mol. The monoisotopic (exact) mass is 355 g/mol. The van der Waals surface area contributed by atoms with Gasteiger partial charge in [-0.2, -0.15) is 0 Å². The summed E-state index contributed by atoms with van der Waals surface area (Å²) in [5.41, 5.74) is 1.99. The first kappa shape index (κ1) is 11.0. The lowest BCUT2D eigenvalue weighted by Crippen LogP contribution is -2.02. The minimum atomic E-state index is 0.753. The average Bonchev–Trinajstić information content (AvgIpc) is 2.84. The van der Waals surface area contributed by atoms with Crippen LogP contribution in [0.15, 0.2) is 43.0 Å². The molecule has 5 heteroatoms. The topological polar surface area (TPSA) is 30.7 Å². The first-order chi connectivity index (χ1) is 8.27. The van der Waals surface area contributed by atoms with Gasteiger partial charge < -0.3 is 4.57 Å². The van der Waals surface area contributed by atoms with Crippen LogP contribution in [0, 0.1) is 3.57 Å². The van der Waals surface area contributed by atoms with Crippen molar-refractivity contribution in [3.8, 4) is 17.1 Å². The van der Waals surface area contributed by atoms with Crippen molar-refractivity contribution in [2.75, 3.05) is 0 Å². The van der Waals surface area contributed by atoms with Gasteiger partial charge in [0.15, 0.2) is 0 Å². The quantitative estimate of drug-likeness (QED) is 0.624. The largest absolute Gasteiger partial charge is 0.300 e. The van der Waals surface area contributed by atoms with Gasteiger partial charge in [-0.15, -0.1) is 0 Å². The van der Waals surface area contributed by atoms with E-state index in [9.17, 15) is 0 Å². The zero-order chi connectivity index (χ0) is 11.8. The van der Waals surface area contributed by atoms with E-state index in [2.05, 4.69) is 32.6 Å². The number of fused-ring (bicyclic) bond motifs is 1. The van der Waals surface area contributed by atoms with Crippen LogP contribution in [0.1, 0.15) is 0 Å². The molecule has 0 bridgehead atoms. The van der Waals surface area contributed by atoms with E-state index < -0.39 is 0 Å². The Kier molecular flexibility index (Phi) is 2.76. The van der Waals surface area contributed by atoms with Crippen molar-refractivity contribution in [3.63, 3.8) is 0 Å². The lowest BCUT2D eigenvalue weighted by atomic mass is 10.2. The second-order valence-corrected chi connectivity index (χ2v) is 5.09. The molecule has 0 fully saturated rings. The summed E-state index contributed by atoms with van der Waals surface area (Å²) < 4.78 is 3.02. The molecule has 0 N–H and O–H groups in total. The highest BCUT2D eigenvalue weighted by atomic mass is 127. The van der Waals surface area contributed by atoms with Crippen LogP contribution >= 0.6 is 34.2 Å². The Hall–Kier alpha value is -1.14. The molecule has 3 nitrogen and oxygen atoms in total. The lowest BCUT2D eigenvalue weighted by Gasteiger charge is -2.14. The third kappa shape index (κ3) is 1.81. The first-order valence-corrected chi connectivity index (χ1v) is 6.44. The smallest absolute Gasteiger partial charge is 0.145 e. The molecule has 84 valence electrons. The standard InChI is InChI=1S/C12H7ClIN3/c13-11-9-3-6-16-12(9)17(7-10(11)14)8-1-4-15-5-2-8/h1-7H. The Morgan fingerprint density at radius 1 is 1.12 bits per heavy atom. The zero-order valence-electron chi connectivity index (χ0n) is 8.64. The SMILES string of the molecule is Clc1c(I)cn(-c2ccncc2)c2nccc1-2. The number of halogens is 2. The van der Waals surface area contributed by atoms with Gasteiger partial charge in [0.05, 0.1) is 10.7 Å². The van der Waals surface area contributed by atoms with Crippen LogP contribution in [-0.4, -0.2) is 14.5 Å². The Morgan fingerprint density at radius 3 is 2.65 bits per heavy atom. The van der Waals surface area contributed by atoms with Crippen molar-refractivity contribution in [2.24, 2.45) is 0 Å². The number of hydrogen-bond acceptors (Lipinski definition) is 2. The maximum Gasteiger partial charge on any atom is 0.145 e. The molecule has 3 rings (SSSR count). The van der Waals surface area contributed by atoms with Crippen LogP contribution in [0.5, 0.6) is 0 Å².